The van der Waals surface area contributed by atoms with Crippen LogP contribution in [0.4, 0.5) is 5.69 Å². The first-order valence-electron chi connectivity index (χ1n) is 4.44. The summed E-state index contributed by atoms with van der Waals surface area (Å²) < 4.78 is 0. The van der Waals surface area contributed by atoms with E-state index in [0.717, 1.165) is 0 Å². The van der Waals surface area contributed by atoms with E-state index in [9.17, 15) is 14.9 Å². The maximum Gasteiger partial charge on any atom is 0.270 e. The largest absolute Gasteiger partial charge is 0.295 e. The van der Waals surface area contributed by atoms with E-state index in [1.54, 1.807) is 25.1 Å². The molecule has 1 aromatic rings. The number of benzene rings is 1. The normalized spacial score (nSPS) is 11.2. The molecule has 15 heavy (non-hydrogen) atoms. The molecule has 4 heteroatoms. The van der Waals surface area contributed by atoms with Crippen LogP contribution >= 0.6 is 0 Å². The molecular weight excluding hydrogens is 194 g/mol. The van der Waals surface area contributed by atoms with Crippen LogP contribution in [-0.4, -0.2) is 10.7 Å². The summed E-state index contributed by atoms with van der Waals surface area (Å²) in [6.45, 7) is 3.14. The number of hydrogen-bond acceptors (Lipinski definition) is 3. The first-order chi connectivity index (χ1) is 7.00. The third-order valence-corrected chi connectivity index (χ3v) is 2.02. The van der Waals surface area contributed by atoms with Gasteiger partial charge in [0.25, 0.3) is 5.69 Å². The fourth-order valence-corrected chi connectivity index (χ4v) is 1.08. The zero-order chi connectivity index (χ0) is 11.4. The summed E-state index contributed by atoms with van der Waals surface area (Å²) in [4.78, 5) is 21.0. The first-order valence-corrected chi connectivity index (χ1v) is 4.44. The maximum absolute atomic E-state index is 11.0. The Hall–Kier alpha value is -1.97. The second-order valence-corrected chi connectivity index (χ2v) is 3.24. The Kier molecular flexibility index (Phi) is 3.33. The van der Waals surface area contributed by atoms with Crippen LogP contribution in [-0.2, 0) is 4.79 Å². The highest BCUT2D eigenvalue weighted by molar-refractivity contribution is 5.97. The van der Waals surface area contributed by atoms with E-state index in [4.69, 9.17) is 0 Å². The monoisotopic (exact) mass is 205 g/mol. The van der Waals surface area contributed by atoms with Gasteiger partial charge in [0, 0.05) is 12.1 Å². The molecule has 0 saturated heterocycles. The fraction of sp³-hybridized carbons (Fsp3) is 0.182. The lowest BCUT2D eigenvalue weighted by atomic mass is 10.1. The van der Waals surface area contributed by atoms with Crippen molar-refractivity contribution in [1.29, 1.82) is 0 Å². The van der Waals surface area contributed by atoms with Crippen LogP contribution in [0.25, 0.3) is 6.08 Å². The van der Waals surface area contributed by atoms with Gasteiger partial charge in [-0.25, -0.2) is 0 Å². The highest BCUT2D eigenvalue weighted by Gasteiger charge is 2.04. The molecule has 0 spiro atoms. The summed E-state index contributed by atoms with van der Waals surface area (Å²) in [7, 11) is 0. The molecule has 1 aromatic carbocycles. The van der Waals surface area contributed by atoms with Gasteiger partial charge in [-0.1, -0.05) is 12.1 Å². The van der Waals surface area contributed by atoms with Crippen molar-refractivity contribution in [3.8, 4) is 0 Å². The van der Waals surface area contributed by atoms with E-state index in [2.05, 4.69) is 0 Å². The summed E-state index contributed by atoms with van der Waals surface area (Å²) in [5.41, 5.74) is 1.27. The molecule has 78 valence electrons. The Morgan fingerprint density at radius 2 is 2.07 bits per heavy atom. The quantitative estimate of drug-likeness (QED) is 0.433. The number of carbonyl (C=O) groups excluding carboxylic acids is 1. The standard InChI is InChI=1S/C11H11NO3/c1-8(9(2)13)6-10-4-3-5-11(7-10)12(14)15/h3-7H,1-2H3/b8-6-. The average Bonchev–Trinajstić information content (AvgIpc) is 2.18. The van der Waals surface area contributed by atoms with Gasteiger partial charge in [-0.15, -0.1) is 0 Å². The van der Waals surface area contributed by atoms with Gasteiger partial charge < -0.3 is 0 Å². The lowest BCUT2D eigenvalue weighted by molar-refractivity contribution is -0.384. The SMILES string of the molecule is CC(=O)/C(C)=C\c1cccc([N+](=O)[O-])c1. The van der Waals surface area contributed by atoms with Crippen LogP contribution in [0.2, 0.25) is 0 Å². The van der Waals surface area contributed by atoms with Crippen molar-refractivity contribution < 1.29 is 9.72 Å². The van der Waals surface area contributed by atoms with Gasteiger partial charge in [0.1, 0.15) is 0 Å². The number of ketones is 1. The number of carbonyl (C=O) groups is 1. The molecule has 1 rings (SSSR count). The van der Waals surface area contributed by atoms with Crippen molar-refractivity contribution in [1.82, 2.24) is 0 Å². The Morgan fingerprint density at radius 3 is 2.60 bits per heavy atom. The molecule has 0 aliphatic carbocycles. The molecule has 0 aliphatic rings. The van der Waals surface area contributed by atoms with Gasteiger partial charge in [-0.2, -0.15) is 0 Å². The third kappa shape index (κ3) is 3.02. The first kappa shape index (κ1) is 11.1. The van der Waals surface area contributed by atoms with E-state index in [0.29, 0.717) is 11.1 Å². The number of Topliss-reactive ketones (excluding diaryl/α,β-unsaturated/α-hetero) is 1. The van der Waals surface area contributed by atoms with Gasteiger partial charge in [-0.3, -0.25) is 14.9 Å². The second kappa shape index (κ2) is 4.50. The minimum absolute atomic E-state index is 0.0279. The number of nitro groups is 1. The molecular formula is C11H11NO3. The number of rotatable bonds is 3. The molecule has 0 atom stereocenters. The van der Waals surface area contributed by atoms with Crippen molar-refractivity contribution >= 4 is 17.5 Å². The number of non-ortho nitro benzene ring substituents is 1. The van der Waals surface area contributed by atoms with Gasteiger partial charge >= 0.3 is 0 Å². The van der Waals surface area contributed by atoms with Crippen molar-refractivity contribution in [3.05, 3.63) is 45.5 Å². The van der Waals surface area contributed by atoms with Gasteiger partial charge in [0.2, 0.25) is 0 Å². The molecule has 0 aliphatic heterocycles. The van der Waals surface area contributed by atoms with Crippen molar-refractivity contribution in [2.75, 3.05) is 0 Å². The topological polar surface area (TPSA) is 60.2 Å². The summed E-state index contributed by atoms with van der Waals surface area (Å²) in [6.07, 6.45) is 1.63. The molecule has 0 unspecified atom stereocenters. The molecule has 0 amide bonds. The van der Waals surface area contributed by atoms with Crippen LogP contribution in [0.5, 0.6) is 0 Å². The third-order valence-electron chi connectivity index (χ3n) is 2.02. The summed E-state index contributed by atoms with van der Waals surface area (Å²) in [5, 5.41) is 10.5. The van der Waals surface area contributed by atoms with E-state index in [-0.39, 0.29) is 11.5 Å². The Balaban J connectivity index is 3.06. The van der Waals surface area contributed by atoms with Crippen LogP contribution in [0.3, 0.4) is 0 Å². The Bertz CT molecular complexity index is 435. The molecule has 0 aromatic heterocycles. The molecule has 0 bridgehead atoms. The van der Waals surface area contributed by atoms with Gasteiger partial charge in [0.15, 0.2) is 5.78 Å². The average molecular weight is 205 g/mol. The van der Waals surface area contributed by atoms with Crippen molar-refractivity contribution in [2.45, 2.75) is 13.8 Å². The predicted octanol–water partition coefficient (Wildman–Crippen LogP) is 2.59. The van der Waals surface area contributed by atoms with E-state index in [1.807, 2.05) is 0 Å². The van der Waals surface area contributed by atoms with Gasteiger partial charge in [0.05, 0.1) is 4.92 Å². The van der Waals surface area contributed by atoms with Crippen molar-refractivity contribution in [3.63, 3.8) is 0 Å². The number of hydrogen-bond donors (Lipinski definition) is 0. The summed E-state index contributed by atoms with van der Waals surface area (Å²) in [6, 6.07) is 6.17. The minimum atomic E-state index is -0.458. The van der Waals surface area contributed by atoms with E-state index >= 15 is 0 Å². The van der Waals surface area contributed by atoms with E-state index < -0.39 is 4.92 Å². The Labute approximate surface area is 87.4 Å². The summed E-state index contributed by atoms with van der Waals surface area (Å²) in [5.74, 6) is -0.0403. The smallest absolute Gasteiger partial charge is 0.270 e. The van der Waals surface area contributed by atoms with Crippen LogP contribution in [0, 0.1) is 10.1 Å². The molecule has 0 fully saturated rings. The van der Waals surface area contributed by atoms with Crippen LogP contribution in [0.15, 0.2) is 29.8 Å². The minimum Gasteiger partial charge on any atom is -0.295 e. The second-order valence-electron chi connectivity index (χ2n) is 3.24. The molecule has 4 nitrogen and oxygen atoms in total. The maximum atomic E-state index is 11.0. The predicted molar refractivity (Wildman–Crippen MR) is 57.4 cm³/mol. The molecule has 0 radical (unpaired) electrons. The van der Waals surface area contributed by atoms with Crippen molar-refractivity contribution in [2.24, 2.45) is 0 Å². The number of nitrogens with zero attached hydrogens (tertiary/aromatic N) is 1. The van der Waals surface area contributed by atoms with Crippen LogP contribution < -0.4 is 0 Å². The van der Waals surface area contributed by atoms with E-state index in [1.165, 1.54) is 19.1 Å². The van der Waals surface area contributed by atoms with Crippen LogP contribution in [0.1, 0.15) is 19.4 Å². The lowest BCUT2D eigenvalue weighted by Crippen LogP contribution is -1.91. The fourth-order valence-electron chi connectivity index (χ4n) is 1.08. The molecule has 0 saturated carbocycles. The zero-order valence-corrected chi connectivity index (χ0v) is 8.56. The Morgan fingerprint density at radius 1 is 1.40 bits per heavy atom. The zero-order valence-electron chi connectivity index (χ0n) is 8.56. The number of nitro benzene ring substituents is 1. The number of allylic oxidation sites excluding steroid dienone is 1. The van der Waals surface area contributed by atoms with Gasteiger partial charge in [-0.05, 0) is 31.1 Å². The highest BCUT2D eigenvalue weighted by Crippen LogP contribution is 2.15. The molecule has 0 heterocycles. The molecule has 0 N–H and O–H groups in total. The summed E-state index contributed by atoms with van der Waals surface area (Å²) >= 11 is 0. The highest BCUT2D eigenvalue weighted by atomic mass is 16.6. The lowest BCUT2D eigenvalue weighted by Gasteiger charge is -1.96.